The molecule has 0 aliphatic heterocycles. The molecule has 0 radical (unpaired) electrons. The van der Waals surface area contributed by atoms with Gasteiger partial charge >= 0.3 is 0 Å². The number of fused-ring (bicyclic) bond motifs is 3. The fourth-order valence-corrected chi connectivity index (χ4v) is 3.16. The normalized spacial score (nSPS) is 11.2. The van der Waals surface area contributed by atoms with Crippen LogP contribution in [0.15, 0.2) is 36.7 Å². The fourth-order valence-electron chi connectivity index (χ4n) is 3.16. The third-order valence-corrected chi connectivity index (χ3v) is 4.48. The van der Waals surface area contributed by atoms with Crippen molar-refractivity contribution in [2.24, 2.45) is 7.05 Å². The van der Waals surface area contributed by atoms with Crippen molar-refractivity contribution in [3.63, 3.8) is 0 Å². The van der Waals surface area contributed by atoms with E-state index in [1.54, 1.807) is 6.33 Å². The SMILES string of the molecule is CNc1nc2[nH]c(-c3ccc(CNC(C)=O)cc3)cc2c2c1ncn2C. The molecule has 4 aromatic rings. The maximum atomic E-state index is 11.0. The standard InChI is InChI=1S/C19H20N6O/c1-11(26)21-9-12-4-6-13(7-5-12)15-8-14-17-16(22-10-25(17)3)19(20-2)24-18(14)23-15/h4-8,10H,9H2,1-3H3,(H,21,26)(H2,20,23,24). The second kappa shape index (κ2) is 6.18. The van der Waals surface area contributed by atoms with Gasteiger partial charge in [0.05, 0.1) is 11.8 Å². The predicted molar refractivity (Wildman–Crippen MR) is 103 cm³/mol. The molecule has 0 atom stereocenters. The van der Waals surface area contributed by atoms with Gasteiger partial charge in [-0.1, -0.05) is 24.3 Å². The van der Waals surface area contributed by atoms with E-state index in [1.165, 1.54) is 6.92 Å². The minimum Gasteiger partial charge on any atom is -0.371 e. The van der Waals surface area contributed by atoms with Crippen molar-refractivity contribution >= 4 is 33.8 Å². The summed E-state index contributed by atoms with van der Waals surface area (Å²) in [6.07, 6.45) is 1.80. The smallest absolute Gasteiger partial charge is 0.217 e. The molecule has 7 heteroatoms. The number of hydrogen-bond donors (Lipinski definition) is 3. The van der Waals surface area contributed by atoms with Crippen molar-refractivity contribution in [2.45, 2.75) is 13.5 Å². The molecule has 1 amide bonds. The summed E-state index contributed by atoms with van der Waals surface area (Å²) in [4.78, 5) is 23.6. The lowest BCUT2D eigenvalue weighted by atomic mass is 10.1. The number of aryl methyl sites for hydroxylation is 1. The molecule has 132 valence electrons. The van der Waals surface area contributed by atoms with Gasteiger partial charge in [0.2, 0.25) is 5.91 Å². The zero-order valence-electron chi connectivity index (χ0n) is 14.9. The molecule has 3 heterocycles. The van der Waals surface area contributed by atoms with E-state index >= 15 is 0 Å². The summed E-state index contributed by atoms with van der Waals surface area (Å²) in [7, 11) is 3.83. The lowest BCUT2D eigenvalue weighted by Crippen LogP contribution is -2.18. The van der Waals surface area contributed by atoms with Crippen LogP contribution in [0.5, 0.6) is 0 Å². The van der Waals surface area contributed by atoms with E-state index in [4.69, 9.17) is 0 Å². The lowest BCUT2D eigenvalue weighted by Gasteiger charge is -2.03. The molecule has 0 aliphatic carbocycles. The van der Waals surface area contributed by atoms with Crippen molar-refractivity contribution in [1.29, 1.82) is 0 Å². The van der Waals surface area contributed by atoms with E-state index in [2.05, 4.69) is 31.7 Å². The van der Waals surface area contributed by atoms with Crippen LogP contribution in [-0.2, 0) is 18.4 Å². The third-order valence-electron chi connectivity index (χ3n) is 4.48. The molecular weight excluding hydrogens is 328 g/mol. The summed E-state index contributed by atoms with van der Waals surface area (Å²) in [5, 5.41) is 6.96. The number of imidazole rings is 1. The van der Waals surface area contributed by atoms with Gasteiger partial charge in [0.1, 0.15) is 11.2 Å². The number of nitrogens with one attached hydrogen (secondary N) is 3. The van der Waals surface area contributed by atoms with E-state index in [1.807, 2.05) is 42.9 Å². The number of aromatic amines is 1. The van der Waals surface area contributed by atoms with Crippen molar-refractivity contribution in [2.75, 3.05) is 12.4 Å². The van der Waals surface area contributed by atoms with Gasteiger partial charge in [-0.25, -0.2) is 9.97 Å². The molecule has 7 nitrogen and oxygen atoms in total. The summed E-state index contributed by atoms with van der Waals surface area (Å²) in [6, 6.07) is 10.2. The number of rotatable bonds is 4. The highest BCUT2D eigenvalue weighted by Gasteiger charge is 2.15. The lowest BCUT2D eigenvalue weighted by molar-refractivity contribution is -0.119. The van der Waals surface area contributed by atoms with Crippen LogP contribution in [0.1, 0.15) is 12.5 Å². The summed E-state index contributed by atoms with van der Waals surface area (Å²) in [5.41, 5.74) is 5.85. The van der Waals surface area contributed by atoms with Gasteiger partial charge in [0.15, 0.2) is 5.82 Å². The van der Waals surface area contributed by atoms with Crippen LogP contribution >= 0.6 is 0 Å². The van der Waals surface area contributed by atoms with Gasteiger partial charge in [0.25, 0.3) is 0 Å². The average Bonchev–Trinajstić information content (AvgIpc) is 3.23. The number of benzene rings is 1. The fraction of sp³-hybridized carbons (Fsp3) is 0.211. The second-order valence-electron chi connectivity index (χ2n) is 6.32. The number of hydrogen-bond acceptors (Lipinski definition) is 4. The molecule has 3 aromatic heterocycles. The number of nitrogens with zero attached hydrogens (tertiary/aromatic N) is 3. The van der Waals surface area contributed by atoms with Crippen LogP contribution in [0.4, 0.5) is 5.82 Å². The highest BCUT2D eigenvalue weighted by molar-refractivity contribution is 6.07. The number of H-pyrrole nitrogens is 1. The highest BCUT2D eigenvalue weighted by Crippen LogP contribution is 2.31. The third kappa shape index (κ3) is 2.67. The number of aromatic nitrogens is 4. The first-order chi connectivity index (χ1) is 12.6. The Bertz CT molecular complexity index is 1110. The zero-order valence-corrected chi connectivity index (χ0v) is 14.9. The maximum absolute atomic E-state index is 11.0. The van der Waals surface area contributed by atoms with E-state index in [0.717, 1.165) is 44.7 Å². The Balaban J connectivity index is 1.77. The molecule has 0 bridgehead atoms. The van der Waals surface area contributed by atoms with Gasteiger partial charge in [-0.15, -0.1) is 0 Å². The zero-order chi connectivity index (χ0) is 18.3. The Kier molecular flexibility index (Phi) is 3.84. The van der Waals surface area contributed by atoms with Gasteiger partial charge in [-0.3, -0.25) is 4.79 Å². The molecule has 0 aliphatic rings. The van der Waals surface area contributed by atoms with Crippen LogP contribution in [0.3, 0.4) is 0 Å². The summed E-state index contributed by atoms with van der Waals surface area (Å²) in [6.45, 7) is 2.05. The first kappa shape index (κ1) is 16.1. The van der Waals surface area contributed by atoms with E-state index < -0.39 is 0 Å². The molecule has 0 spiro atoms. The summed E-state index contributed by atoms with van der Waals surface area (Å²) in [5.74, 6) is 0.725. The summed E-state index contributed by atoms with van der Waals surface area (Å²) >= 11 is 0. The first-order valence-corrected chi connectivity index (χ1v) is 8.42. The molecule has 0 saturated carbocycles. The van der Waals surface area contributed by atoms with E-state index in [0.29, 0.717) is 6.54 Å². The number of carbonyl (C=O) groups is 1. The average molecular weight is 348 g/mol. The van der Waals surface area contributed by atoms with Crippen LogP contribution < -0.4 is 10.6 Å². The first-order valence-electron chi connectivity index (χ1n) is 8.42. The number of anilines is 1. The largest absolute Gasteiger partial charge is 0.371 e. The quantitative estimate of drug-likeness (QED) is 0.529. The van der Waals surface area contributed by atoms with Crippen molar-refractivity contribution < 1.29 is 4.79 Å². The van der Waals surface area contributed by atoms with Crippen LogP contribution in [0.2, 0.25) is 0 Å². The monoisotopic (exact) mass is 348 g/mol. The van der Waals surface area contributed by atoms with Gasteiger partial charge in [-0.05, 0) is 17.2 Å². The predicted octanol–water partition coefficient (Wildman–Crippen LogP) is 2.79. The van der Waals surface area contributed by atoms with E-state index in [-0.39, 0.29) is 5.91 Å². The second-order valence-corrected chi connectivity index (χ2v) is 6.32. The topological polar surface area (TPSA) is 87.6 Å². The summed E-state index contributed by atoms with van der Waals surface area (Å²) < 4.78 is 2.01. The Hall–Kier alpha value is -3.35. The van der Waals surface area contributed by atoms with E-state index in [9.17, 15) is 4.79 Å². The number of amides is 1. The molecule has 3 N–H and O–H groups in total. The molecule has 0 unspecified atom stereocenters. The molecular formula is C19H20N6O. The van der Waals surface area contributed by atoms with Crippen LogP contribution in [0, 0.1) is 0 Å². The molecule has 1 aromatic carbocycles. The van der Waals surface area contributed by atoms with Crippen molar-refractivity contribution in [3.8, 4) is 11.3 Å². The Labute approximate surface area is 150 Å². The maximum Gasteiger partial charge on any atom is 0.217 e. The van der Waals surface area contributed by atoms with Crippen LogP contribution in [0.25, 0.3) is 33.3 Å². The Morgan fingerprint density at radius 2 is 2.04 bits per heavy atom. The van der Waals surface area contributed by atoms with Gasteiger partial charge in [0, 0.05) is 38.6 Å². The number of carbonyl (C=O) groups excluding carboxylic acids is 1. The molecule has 4 rings (SSSR count). The van der Waals surface area contributed by atoms with Crippen molar-refractivity contribution in [1.82, 2.24) is 24.8 Å². The van der Waals surface area contributed by atoms with Crippen molar-refractivity contribution in [3.05, 3.63) is 42.2 Å². The Morgan fingerprint density at radius 1 is 1.27 bits per heavy atom. The molecule has 0 saturated heterocycles. The molecule has 26 heavy (non-hydrogen) atoms. The highest BCUT2D eigenvalue weighted by atomic mass is 16.1. The minimum atomic E-state index is -0.0312. The Morgan fingerprint density at radius 3 is 2.73 bits per heavy atom. The van der Waals surface area contributed by atoms with Gasteiger partial charge in [-0.2, -0.15) is 0 Å². The van der Waals surface area contributed by atoms with Gasteiger partial charge < -0.3 is 20.2 Å². The molecule has 0 fully saturated rings. The number of pyridine rings is 1. The minimum absolute atomic E-state index is 0.0312. The van der Waals surface area contributed by atoms with Crippen LogP contribution in [-0.4, -0.2) is 32.5 Å².